The van der Waals surface area contributed by atoms with Crippen LogP contribution < -0.4 is 20.3 Å². The predicted molar refractivity (Wildman–Crippen MR) is 119 cm³/mol. The number of hydrogen-bond acceptors (Lipinski definition) is 7. The molecule has 0 radical (unpaired) electrons. The largest absolute Gasteiger partial charge is 0.513 e. The summed E-state index contributed by atoms with van der Waals surface area (Å²) in [6.07, 6.45) is 0.282. The molecular weight excluding hydrogens is 455 g/mol. The molecular formula is C21H19FN4O6S. The zero-order chi connectivity index (χ0) is 23.8. The van der Waals surface area contributed by atoms with Gasteiger partial charge in [-0.15, -0.1) is 0 Å². The molecule has 0 aliphatic heterocycles. The summed E-state index contributed by atoms with van der Waals surface area (Å²) in [5.74, 6) is -0.504. The Balaban J connectivity index is 1.83. The molecule has 4 aromatic rings. The van der Waals surface area contributed by atoms with Gasteiger partial charge in [0.1, 0.15) is 17.9 Å². The maximum Gasteiger partial charge on any atom is 0.513 e. The molecule has 2 aromatic heterocycles. The van der Waals surface area contributed by atoms with Gasteiger partial charge in [0.15, 0.2) is 5.75 Å². The molecule has 0 atom stereocenters. The third kappa shape index (κ3) is 4.13. The average Bonchev–Trinajstić information content (AvgIpc) is 3.22. The Hall–Kier alpha value is -3.90. The first kappa shape index (κ1) is 22.3. The summed E-state index contributed by atoms with van der Waals surface area (Å²) in [4.78, 5) is 29.6. The summed E-state index contributed by atoms with van der Waals surface area (Å²) >= 11 is 0. The van der Waals surface area contributed by atoms with Crippen LogP contribution in [-0.2, 0) is 14.8 Å². The van der Waals surface area contributed by atoms with Gasteiger partial charge in [0.25, 0.3) is 15.6 Å². The number of ether oxygens (including phenoxy) is 2. The van der Waals surface area contributed by atoms with Crippen molar-refractivity contribution >= 4 is 43.7 Å². The number of carbonyl (C=O) groups excluding carboxylic acids is 1. The highest BCUT2D eigenvalue weighted by atomic mass is 32.2. The van der Waals surface area contributed by atoms with Crippen molar-refractivity contribution in [2.45, 2.75) is 4.90 Å². The van der Waals surface area contributed by atoms with Crippen LogP contribution >= 0.6 is 0 Å². The Bertz CT molecular complexity index is 1510. The van der Waals surface area contributed by atoms with Crippen molar-refractivity contribution < 1.29 is 27.1 Å². The number of aromatic nitrogens is 2. The smallest absolute Gasteiger partial charge is 0.433 e. The first-order valence-corrected chi connectivity index (χ1v) is 11.1. The number of benzene rings is 2. The number of nitrogens with zero attached hydrogens (tertiary/aromatic N) is 1. The van der Waals surface area contributed by atoms with Gasteiger partial charge in [-0.3, -0.25) is 9.10 Å². The lowest BCUT2D eigenvalue weighted by Crippen LogP contribution is -2.26. The standard InChI is InChI=1S/C21H19FN4O6S/c1-26(13-4-2-12(22)3-5-13)33(29,30)14-6-7-16-15(10-14)18-17(32-21(28)31-9-8-23)11-24-19(18)20(27)25-16/h2-7,10-11,24H,8-9,23H2,1H3,(H,25,27). The zero-order valence-electron chi connectivity index (χ0n) is 17.3. The van der Waals surface area contributed by atoms with E-state index in [2.05, 4.69) is 9.97 Å². The number of anilines is 1. The monoisotopic (exact) mass is 474 g/mol. The van der Waals surface area contributed by atoms with Crippen molar-refractivity contribution in [3.8, 4) is 5.75 Å². The molecule has 0 aliphatic rings. The van der Waals surface area contributed by atoms with Crippen molar-refractivity contribution in [1.82, 2.24) is 9.97 Å². The van der Waals surface area contributed by atoms with Crippen LogP contribution in [0.1, 0.15) is 0 Å². The number of fused-ring (bicyclic) bond motifs is 3. The number of nitrogens with one attached hydrogen (secondary N) is 2. The molecule has 33 heavy (non-hydrogen) atoms. The molecule has 0 saturated carbocycles. The normalized spacial score (nSPS) is 11.6. The summed E-state index contributed by atoms with van der Waals surface area (Å²) in [5.41, 5.74) is 5.50. The van der Waals surface area contributed by atoms with E-state index < -0.39 is 27.6 Å². The van der Waals surface area contributed by atoms with E-state index in [-0.39, 0.29) is 40.4 Å². The van der Waals surface area contributed by atoms with E-state index in [0.29, 0.717) is 10.9 Å². The topological polar surface area (TPSA) is 148 Å². The van der Waals surface area contributed by atoms with Gasteiger partial charge in [-0.2, -0.15) is 0 Å². The average molecular weight is 474 g/mol. The van der Waals surface area contributed by atoms with Crippen molar-refractivity contribution in [3.05, 3.63) is 64.8 Å². The molecule has 10 nitrogen and oxygen atoms in total. The van der Waals surface area contributed by atoms with Crippen molar-refractivity contribution in [3.63, 3.8) is 0 Å². The Labute approximate surface area is 186 Å². The van der Waals surface area contributed by atoms with E-state index in [0.717, 1.165) is 16.4 Å². The maximum absolute atomic E-state index is 13.2. The van der Waals surface area contributed by atoms with Crippen LogP contribution in [-0.4, -0.2) is 44.7 Å². The molecule has 12 heteroatoms. The predicted octanol–water partition coefficient (Wildman–Crippen LogP) is 2.45. The van der Waals surface area contributed by atoms with Crippen LogP contribution in [0.3, 0.4) is 0 Å². The minimum Gasteiger partial charge on any atom is -0.433 e. The van der Waals surface area contributed by atoms with Gasteiger partial charge in [0.2, 0.25) is 0 Å². The van der Waals surface area contributed by atoms with Gasteiger partial charge < -0.3 is 25.2 Å². The molecule has 0 unspecified atom stereocenters. The van der Waals surface area contributed by atoms with Crippen LogP contribution in [0, 0.1) is 5.82 Å². The van der Waals surface area contributed by atoms with Gasteiger partial charge >= 0.3 is 6.16 Å². The van der Waals surface area contributed by atoms with E-state index in [1.807, 2.05) is 0 Å². The molecule has 2 heterocycles. The zero-order valence-corrected chi connectivity index (χ0v) is 18.1. The SMILES string of the molecule is CN(c1ccc(F)cc1)S(=O)(=O)c1ccc2[nH]c(=O)c3[nH]cc(OC(=O)OCCN)c3c2c1. The molecule has 0 amide bonds. The number of H-pyrrole nitrogens is 2. The number of sulfonamides is 1. The van der Waals surface area contributed by atoms with Crippen LogP contribution in [0.25, 0.3) is 21.8 Å². The third-order valence-corrected chi connectivity index (χ3v) is 6.74. The molecule has 0 fully saturated rings. The van der Waals surface area contributed by atoms with Gasteiger partial charge in [-0.1, -0.05) is 0 Å². The van der Waals surface area contributed by atoms with Crippen molar-refractivity contribution in [2.24, 2.45) is 5.73 Å². The van der Waals surface area contributed by atoms with Crippen LogP contribution in [0.4, 0.5) is 14.9 Å². The fourth-order valence-corrected chi connectivity index (χ4v) is 4.55. The van der Waals surface area contributed by atoms with Crippen molar-refractivity contribution in [1.29, 1.82) is 0 Å². The van der Waals surface area contributed by atoms with Gasteiger partial charge in [-0.25, -0.2) is 17.6 Å². The molecule has 4 N–H and O–H groups in total. The molecule has 0 spiro atoms. The van der Waals surface area contributed by atoms with E-state index in [1.54, 1.807) is 0 Å². The summed E-state index contributed by atoms with van der Waals surface area (Å²) in [6.45, 7) is 0.0506. The number of pyridine rings is 1. The van der Waals surface area contributed by atoms with Crippen LogP contribution in [0.5, 0.6) is 5.75 Å². The summed E-state index contributed by atoms with van der Waals surface area (Å²) < 4.78 is 50.7. The molecule has 2 aromatic carbocycles. The number of carbonyl (C=O) groups is 1. The maximum atomic E-state index is 13.2. The second kappa shape index (κ2) is 8.56. The highest BCUT2D eigenvalue weighted by Gasteiger charge is 2.23. The Morgan fingerprint density at radius 1 is 1.18 bits per heavy atom. The number of aromatic amines is 2. The lowest BCUT2D eigenvalue weighted by Gasteiger charge is -2.20. The summed E-state index contributed by atoms with van der Waals surface area (Å²) in [5, 5.41) is 0.529. The molecule has 0 saturated heterocycles. The second-order valence-corrected chi connectivity index (χ2v) is 8.97. The lowest BCUT2D eigenvalue weighted by atomic mass is 10.1. The van der Waals surface area contributed by atoms with Gasteiger partial charge in [0, 0.05) is 30.7 Å². The Morgan fingerprint density at radius 3 is 2.61 bits per heavy atom. The van der Waals surface area contributed by atoms with E-state index in [4.69, 9.17) is 15.2 Å². The van der Waals surface area contributed by atoms with Gasteiger partial charge in [0.05, 0.1) is 16.0 Å². The first-order valence-electron chi connectivity index (χ1n) is 9.68. The second-order valence-electron chi connectivity index (χ2n) is 7.00. The lowest BCUT2D eigenvalue weighted by molar-refractivity contribution is 0.102. The number of nitrogens with two attached hydrogens (primary N) is 1. The van der Waals surface area contributed by atoms with Crippen molar-refractivity contribution in [2.75, 3.05) is 24.5 Å². The Kier molecular flexibility index (Phi) is 5.78. The first-order chi connectivity index (χ1) is 15.7. The minimum absolute atomic E-state index is 0.00967. The number of halogens is 1. The van der Waals surface area contributed by atoms with Crippen LogP contribution in [0.15, 0.2) is 58.4 Å². The highest BCUT2D eigenvalue weighted by Crippen LogP contribution is 2.33. The highest BCUT2D eigenvalue weighted by molar-refractivity contribution is 7.92. The number of rotatable bonds is 6. The van der Waals surface area contributed by atoms with E-state index >= 15 is 0 Å². The molecule has 0 aliphatic carbocycles. The van der Waals surface area contributed by atoms with Gasteiger partial charge in [-0.05, 0) is 42.5 Å². The Morgan fingerprint density at radius 2 is 1.91 bits per heavy atom. The molecule has 0 bridgehead atoms. The van der Waals surface area contributed by atoms with E-state index in [9.17, 15) is 22.4 Å². The minimum atomic E-state index is -4.04. The molecule has 172 valence electrons. The number of hydrogen-bond donors (Lipinski definition) is 3. The molecule has 4 rings (SSSR count). The fourth-order valence-electron chi connectivity index (χ4n) is 3.33. The third-order valence-electron chi connectivity index (χ3n) is 4.96. The van der Waals surface area contributed by atoms with Crippen LogP contribution in [0.2, 0.25) is 0 Å². The fraction of sp³-hybridized carbons (Fsp3) is 0.143. The summed E-state index contributed by atoms with van der Waals surface area (Å²) in [6, 6.07) is 9.12. The van der Waals surface area contributed by atoms with E-state index in [1.165, 1.54) is 43.6 Å². The quantitative estimate of drug-likeness (QED) is 0.364. The summed E-state index contributed by atoms with van der Waals surface area (Å²) in [7, 11) is -2.70.